The Hall–Kier alpha value is -1.55. The van der Waals surface area contributed by atoms with Crippen LogP contribution < -0.4 is 0 Å². The Morgan fingerprint density at radius 2 is 1.15 bits per heavy atom. The van der Waals surface area contributed by atoms with Crippen LogP contribution in [0.5, 0.6) is 0 Å². The molecule has 0 fully saturated rings. The summed E-state index contributed by atoms with van der Waals surface area (Å²) in [5, 5.41) is 0. The number of rotatable bonds is 13. The van der Waals surface area contributed by atoms with Crippen LogP contribution in [0.15, 0.2) is 49.0 Å². The van der Waals surface area contributed by atoms with Crippen molar-refractivity contribution in [2.75, 3.05) is 0 Å². The van der Waals surface area contributed by atoms with Gasteiger partial charge in [-0.1, -0.05) is 92.5 Å². The average Bonchev–Trinajstić information content (AvgIpc) is 2.75. The van der Waals surface area contributed by atoms with Crippen molar-refractivity contribution in [3.05, 3.63) is 49.0 Å². The van der Waals surface area contributed by atoms with E-state index in [4.69, 9.17) is 9.16 Å². The van der Waals surface area contributed by atoms with Crippen molar-refractivity contribution >= 4 is 14.3 Å². The zero-order valence-electron chi connectivity index (χ0n) is 25.1. The molecule has 0 atom stereocenters. The first-order valence-electron chi connectivity index (χ1n) is 13.5. The molecule has 0 heterocycles. The Kier molecular flexibility index (Phi) is 30.4. The zero-order chi connectivity index (χ0) is 27.6. The molecule has 3 nitrogen and oxygen atoms in total. The summed E-state index contributed by atoms with van der Waals surface area (Å²) >= 11 is 0. The second kappa shape index (κ2) is 26.1. The van der Waals surface area contributed by atoms with Crippen LogP contribution in [0, 0.1) is 5.41 Å². The van der Waals surface area contributed by atoms with E-state index in [1.54, 1.807) is 6.08 Å². The lowest BCUT2D eigenvalue weighted by Crippen LogP contribution is -2.23. The minimum Gasteiger partial charge on any atom is -0.545 e. The first-order chi connectivity index (χ1) is 15.8. The normalized spacial score (nSPS) is 10.8. The molecule has 0 aromatic rings. The van der Waals surface area contributed by atoms with Crippen molar-refractivity contribution in [3.63, 3.8) is 0 Å². The van der Waals surface area contributed by atoms with Gasteiger partial charge in [-0.15, -0.1) is 0 Å². The number of hydrogen-bond donors (Lipinski definition) is 0. The van der Waals surface area contributed by atoms with Gasteiger partial charge in [0.25, 0.3) is 0 Å². The van der Waals surface area contributed by atoms with E-state index in [9.17, 15) is 4.79 Å². The van der Waals surface area contributed by atoms with E-state index in [1.807, 2.05) is 60.6 Å². The highest BCUT2D eigenvalue weighted by molar-refractivity contribution is 6.70. The van der Waals surface area contributed by atoms with Crippen molar-refractivity contribution in [1.82, 2.24) is 0 Å². The first-order valence-corrected chi connectivity index (χ1v) is 16.9. The van der Waals surface area contributed by atoms with Gasteiger partial charge in [0.15, 0.2) is 0 Å². The van der Waals surface area contributed by atoms with Crippen LogP contribution in [-0.4, -0.2) is 14.3 Å². The van der Waals surface area contributed by atoms with E-state index in [0.717, 1.165) is 18.6 Å². The maximum atomic E-state index is 11.5. The molecule has 0 saturated carbocycles. The maximum absolute atomic E-state index is 11.5. The molecule has 0 spiro atoms. The van der Waals surface area contributed by atoms with E-state index in [2.05, 4.69) is 52.7 Å². The average molecular weight is 497 g/mol. The summed E-state index contributed by atoms with van der Waals surface area (Å²) in [5.74, 6) is 1.01. The van der Waals surface area contributed by atoms with Gasteiger partial charge in [-0.2, -0.15) is 0 Å². The molecule has 0 amide bonds. The fourth-order valence-electron chi connectivity index (χ4n) is 2.19. The lowest BCUT2D eigenvalue weighted by Gasteiger charge is -2.18. The van der Waals surface area contributed by atoms with Crippen LogP contribution in [0.3, 0.4) is 0 Å². The van der Waals surface area contributed by atoms with Gasteiger partial charge < -0.3 is 9.16 Å². The van der Waals surface area contributed by atoms with Crippen LogP contribution in [-0.2, 0) is 14.0 Å². The predicted octanol–water partition coefficient (Wildman–Crippen LogP) is 10.8. The molecule has 4 heteroatoms. The van der Waals surface area contributed by atoms with Crippen LogP contribution in [0.4, 0.5) is 0 Å². The molecule has 0 aliphatic carbocycles. The Balaban J connectivity index is -0.000000232. The molecule has 0 aromatic carbocycles. The molecular weight excluding hydrogens is 436 g/mol. The predicted molar refractivity (Wildman–Crippen MR) is 158 cm³/mol. The van der Waals surface area contributed by atoms with E-state index in [-0.39, 0.29) is 5.97 Å². The molecule has 0 bridgehead atoms. The molecule has 0 rings (SSSR count). The largest absolute Gasteiger partial charge is 0.545 e. The van der Waals surface area contributed by atoms with E-state index in [0.29, 0.717) is 5.76 Å². The van der Waals surface area contributed by atoms with Gasteiger partial charge in [0.1, 0.15) is 5.76 Å². The standard InChI is InChI=1S/C14H24O2.C12H24OSi.2C2H6/c1-6-7-8-9-10-11-12(2)16-13(15)14(3,4)5;1-6-7-8-9-10-11-12(2)13-14(3,4)5;2*1-2/h10-11H,2,6-9H2,1,3-5H3;10-11H,2,6-9H2,1,3-5H3;2*1-2H3/b2*11-10+;;. The molecule has 202 valence electrons. The van der Waals surface area contributed by atoms with Crippen LogP contribution in [0.25, 0.3) is 0 Å². The lowest BCUT2D eigenvalue weighted by atomic mass is 9.97. The number of ether oxygens (including phenoxy) is 1. The molecule has 0 aliphatic heterocycles. The highest BCUT2D eigenvalue weighted by Gasteiger charge is 2.23. The summed E-state index contributed by atoms with van der Waals surface area (Å²) < 4.78 is 10.8. The zero-order valence-corrected chi connectivity index (χ0v) is 26.1. The smallest absolute Gasteiger partial charge is 0.316 e. The Bertz CT molecular complexity index is 546. The number of unbranched alkanes of at least 4 members (excludes halogenated alkanes) is 6. The molecule has 0 saturated heterocycles. The number of carbonyl (C=O) groups excluding carboxylic acids is 1. The summed E-state index contributed by atoms with van der Waals surface area (Å²) in [6.45, 7) is 32.0. The molecule has 0 aromatic heterocycles. The summed E-state index contributed by atoms with van der Waals surface area (Å²) in [6.07, 6.45) is 17.6. The Morgan fingerprint density at radius 1 is 0.765 bits per heavy atom. The first kappa shape index (κ1) is 39.7. The molecule has 0 N–H and O–H groups in total. The van der Waals surface area contributed by atoms with Crippen molar-refractivity contribution in [1.29, 1.82) is 0 Å². The van der Waals surface area contributed by atoms with E-state index < -0.39 is 13.7 Å². The molecule has 0 aliphatic rings. The van der Waals surface area contributed by atoms with Gasteiger partial charge in [-0.3, -0.25) is 4.79 Å². The summed E-state index contributed by atoms with van der Waals surface area (Å²) in [6, 6.07) is 0. The fourth-order valence-corrected chi connectivity index (χ4v) is 3.04. The monoisotopic (exact) mass is 496 g/mol. The fraction of sp³-hybridized carbons (Fsp3) is 0.700. The Morgan fingerprint density at radius 3 is 1.47 bits per heavy atom. The molecular formula is C30H60O3Si. The Labute approximate surface area is 215 Å². The maximum Gasteiger partial charge on any atom is 0.316 e. The lowest BCUT2D eigenvalue weighted by molar-refractivity contribution is -0.147. The van der Waals surface area contributed by atoms with Gasteiger partial charge in [0.05, 0.1) is 11.2 Å². The SMILES string of the molecule is C=C(/C=C/CCCCC)OC(=O)C(C)(C)C.C=C(/C=C/CCCCC)O[Si](C)(C)C.CC.CC. The number of esters is 1. The minimum atomic E-state index is -1.45. The third-order valence-electron chi connectivity index (χ3n) is 3.83. The van der Waals surface area contributed by atoms with Gasteiger partial charge >= 0.3 is 5.97 Å². The number of carbonyl (C=O) groups is 1. The summed E-state index contributed by atoms with van der Waals surface area (Å²) in [5.41, 5.74) is -0.473. The minimum absolute atomic E-state index is 0.240. The van der Waals surface area contributed by atoms with Crippen molar-refractivity contribution in [3.8, 4) is 0 Å². The van der Waals surface area contributed by atoms with E-state index in [1.165, 1.54) is 38.5 Å². The van der Waals surface area contributed by atoms with Gasteiger partial charge in [-0.05, 0) is 78.2 Å². The van der Waals surface area contributed by atoms with Crippen molar-refractivity contribution in [2.24, 2.45) is 5.41 Å². The van der Waals surface area contributed by atoms with Gasteiger partial charge in [0, 0.05) is 0 Å². The molecule has 0 unspecified atom stereocenters. The summed E-state index contributed by atoms with van der Waals surface area (Å²) in [7, 11) is -1.45. The van der Waals surface area contributed by atoms with Crippen molar-refractivity contribution < 1.29 is 14.0 Å². The van der Waals surface area contributed by atoms with Crippen LogP contribution >= 0.6 is 0 Å². The number of hydrogen-bond acceptors (Lipinski definition) is 3. The van der Waals surface area contributed by atoms with Gasteiger partial charge in [-0.25, -0.2) is 0 Å². The van der Waals surface area contributed by atoms with Crippen molar-refractivity contribution in [2.45, 2.75) is 133 Å². The highest BCUT2D eigenvalue weighted by atomic mass is 28.4. The van der Waals surface area contributed by atoms with Gasteiger partial charge in [0.2, 0.25) is 8.32 Å². The quantitative estimate of drug-likeness (QED) is 0.0836. The molecule has 34 heavy (non-hydrogen) atoms. The third kappa shape index (κ3) is 35.0. The van der Waals surface area contributed by atoms with E-state index >= 15 is 0 Å². The second-order valence-corrected chi connectivity index (χ2v) is 14.0. The second-order valence-electron chi connectivity index (χ2n) is 9.58. The summed E-state index contributed by atoms with van der Waals surface area (Å²) in [4.78, 5) is 11.5. The third-order valence-corrected chi connectivity index (χ3v) is 4.70. The highest BCUT2D eigenvalue weighted by Crippen LogP contribution is 2.17. The number of allylic oxidation sites excluding steroid dienone is 4. The topological polar surface area (TPSA) is 35.5 Å². The molecule has 0 radical (unpaired) electrons. The van der Waals surface area contributed by atoms with Crippen LogP contribution in [0.1, 0.15) is 114 Å². The van der Waals surface area contributed by atoms with Crippen LogP contribution in [0.2, 0.25) is 19.6 Å².